The first kappa shape index (κ1) is 24.3. The van der Waals surface area contributed by atoms with Gasteiger partial charge in [0.05, 0.1) is 6.10 Å². The summed E-state index contributed by atoms with van der Waals surface area (Å²) in [5.41, 5.74) is 3.65. The third-order valence-corrected chi connectivity index (χ3v) is 4.52. The van der Waals surface area contributed by atoms with E-state index in [1.807, 2.05) is 45.0 Å². The Labute approximate surface area is 184 Å². The van der Waals surface area contributed by atoms with E-state index in [4.69, 9.17) is 17.3 Å². The summed E-state index contributed by atoms with van der Waals surface area (Å²) in [5, 5.41) is 15.3. The molecule has 1 unspecified atom stereocenters. The van der Waals surface area contributed by atoms with Gasteiger partial charge in [0.1, 0.15) is 19.3 Å². The van der Waals surface area contributed by atoms with Gasteiger partial charge in [0, 0.05) is 13.1 Å². The number of hydrogen-bond donors (Lipinski definition) is 3. The van der Waals surface area contributed by atoms with Crippen LogP contribution in [0.15, 0.2) is 36.4 Å². The number of benzene rings is 2. The summed E-state index contributed by atoms with van der Waals surface area (Å²) in [4.78, 5) is 23.7. The van der Waals surface area contributed by atoms with Gasteiger partial charge >= 0.3 is 0 Å². The molecule has 8 heteroatoms. The lowest BCUT2D eigenvalue weighted by atomic mass is 9.91. The molecule has 3 N–H and O–H groups in total. The Morgan fingerprint density at radius 2 is 1.55 bits per heavy atom. The lowest BCUT2D eigenvalue weighted by molar-refractivity contribution is -0.124. The van der Waals surface area contributed by atoms with Crippen molar-refractivity contribution in [3.05, 3.63) is 53.1 Å². The van der Waals surface area contributed by atoms with E-state index >= 15 is 0 Å². The highest BCUT2D eigenvalue weighted by Crippen LogP contribution is 2.15. The molecule has 0 aliphatic heterocycles. The molecule has 0 aliphatic carbocycles. The van der Waals surface area contributed by atoms with Crippen LogP contribution in [0.5, 0.6) is 11.5 Å². The molecule has 2 aromatic rings. The van der Waals surface area contributed by atoms with Crippen molar-refractivity contribution in [3.8, 4) is 11.5 Å². The molecule has 0 aromatic heterocycles. The van der Waals surface area contributed by atoms with Gasteiger partial charge in [-0.3, -0.25) is 9.59 Å². The number of rotatable bonds is 11. The molecule has 0 aliphatic rings. The van der Waals surface area contributed by atoms with E-state index in [9.17, 15) is 14.7 Å². The Bertz CT molecular complexity index is 883. The van der Waals surface area contributed by atoms with E-state index in [0.717, 1.165) is 16.7 Å². The number of aliphatic hydroxyl groups excluding tert-OH is 1. The molecule has 2 radical (unpaired) electrons. The summed E-state index contributed by atoms with van der Waals surface area (Å²) in [6, 6.07) is 11.0. The Hall–Kier alpha value is -3.00. The molecule has 0 saturated carbocycles. The maximum absolute atomic E-state index is 11.9. The first-order valence-electron chi connectivity index (χ1n) is 10.1. The quantitative estimate of drug-likeness (QED) is 0.465. The topological polar surface area (TPSA) is 96.9 Å². The normalized spacial score (nSPS) is 11.5. The van der Waals surface area contributed by atoms with Crippen molar-refractivity contribution in [2.24, 2.45) is 0 Å². The van der Waals surface area contributed by atoms with Gasteiger partial charge in [0.2, 0.25) is 0 Å². The zero-order valence-electron chi connectivity index (χ0n) is 18.2. The summed E-state index contributed by atoms with van der Waals surface area (Å²) < 4.78 is 10.9. The molecule has 0 fully saturated rings. The van der Waals surface area contributed by atoms with Gasteiger partial charge in [-0.15, -0.1) is 0 Å². The van der Waals surface area contributed by atoms with Crippen LogP contribution in [0.3, 0.4) is 0 Å². The van der Waals surface area contributed by atoms with Crippen molar-refractivity contribution in [1.82, 2.24) is 10.6 Å². The fourth-order valence-corrected chi connectivity index (χ4v) is 2.84. The predicted molar refractivity (Wildman–Crippen MR) is 120 cm³/mol. The number of aliphatic hydroxyl groups is 1. The lowest BCUT2D eigenvalue weighted by Crippen LogP contribution is -2.37. The molecule has 2 amide bonds. The minimum atomic E-state index is -0.792. The molecular formula is C23H29BN2O5. The monoisotopic (exact) mass is 424 g/mol. The van der Waals surface area contributed by atoms with E-state index in [1.54, 1.807) is 12.1 Å². The van der Waals surface area contributed by atoms with Crippen LogP contribution in [0.1, 0.15) is 23.1 Å². The first-order valence-corrected chi connectivity index (χ1v) is 10.1. The highest BCUT2D eigenvalue weighted by molar-refractivity contribution is 6.33. The largest absolute Gasteiger partial charge is 0.484 e. The number of carbonyl (C=O) groups excluding carboxylic acids is 2. The van der Waals surface area contributed by atoms with E-state index in [-0.39, 0.29) is 38.1 Å². The molecule has 0 heterocycles. The molecular weight excluding hydrogens is 395 g/mol. The van der Waals surface area contributed by atoms with Crippen LogP contribution in [0.4, 0.5) is 0 Å². The standard InChI is InChI=1S/C23H29BN2O5/c1-15-8-16(2)10-20(9-15)31-13-22(28)25-7-6-18(27)12-26-23(29)14-30-19-5-4-17(3)21(24)11-19/h4-5,8-11,18,27H,6-7,12-14H2,1-3H3,(H,25,28)(H,26,29). The van der Waals surface area contributed by atoms with Crippen LogP contribution in [0.2, 0.25) is 0 Å². The Kier molecular flexibility index (Phi) is 9.40. The summed E-state index contributed by atoms with van der Waals surface area (Å²) in [6.45, 7) is 5.86. The second kappa shape index (κ2) is 12.0. The van der Waals surface area contributed by atoms with Crippen LogP contribution in [-0.2, 0) is 9.59 Å². The maximum Gasteiger partial charge on any atom is 0.258 e. The highest BCUT2D eigenvalue weighted by atomic mass is 16.5. The number of carbonyl (C=O) groups is 2. The average molecular weight is 424 g/mol. The number of nitrogens with one attached hydrogen (secondary N) is 2. The van der Waals surface area contributed by atoms with Gasteiger partial charge in [-0.25, -0.2) is 0 Å². The second-order valence-corrected chi connectivity index (χ2v) is 7.52. The third kappa shape index (κ3) is 9.13. The van der Waals surface area contributed by atoms with Gasteiger partial charge in [0.25, 0.3) is 11.8 Å². The third-order valence-electron chi connectivity index (χ3n) is 4.52. The van der Waals surface area contributed by atoms with Gasteiger partial charge in [0.15, 0.2) is 13.2 Å². The maximum atomic E-state index is 11.9. The number of amides is 2. The summed E-state index contributed by atoms with van der Waals surface area (Å²) in [6.07, 6.45) is -0.495. The van der Waals surface area contributed by atoms with Crippen molar-refractivity contribution < 1.29 is 24.2 Å². The molecule has 164 valence electrons. The van der Waals surface area contributed by atoms with Gasteiger partial charge in [-0.2, -0.15) is 0 Å². The van der Waals surface area contributed by atoms with Crippen molar-refractivity contribution in [2.75, 3.05) is 26.3 Å². The Morgan fingerprint density at radius 1 is 0.935 bits per heavy atom. The average Bonchev–Trinajstić information content (AvgIpc) is 2.71. The molecule has 0 saturated heterocycles. The molecule has 1 atom stereocenters. The van der Waals surface area contributed by atoms with E-state index in [2.05, 4.69) is 10.6 Å². The van der Waals surface area contributed by atoms with Crippen LogP contribution in [0, 0.1) is 20.8 Å². The number of aryl methyl sites for hydroxylation is 3. The Morgan fingerprint density at radius 3 is 2.19 bits per heavy atom. The fourth-order valence-electron chi connectivity index (χ4n) is 2.84. The molecule has 0 spiro atoms. The van der Waals surface area contributed by atoms with E-state index in [0.29, 0.717) is 23.4 Å². The van der Waals surface area contributed by atoms with Crippen molar-refractivity contribution in [2.45, 2.75) is 33.3 Å². The van der Waals surface area contributed by atoms with Gasteiger partial charge in [-0.05, 0) is 62.6 Å². The van der Waals surface area contributed by atoms with Crippen LogP contribution >= 0.6 is 0 Å². The first-order chi connectivity index (χ1) is 14.7. The van der Waals surface area contributed by atoms with Crippen molar-refractivity contribution in [3.63, 3.8) is 0 Å². The molecule has 7 nitrogen and oxygen atoms in total. The SMILES string of the molecule is [B]c1cc(OCC(=O)NCC(O)CCNC(=O)COc2cc(C)cc(C)c2)ccc1C. The number of hydrogen-bond acceptors (Lipinski definition) is 5. The summed E-state index contributed by atoms with van der Waals surface area (Å²) in [5.74, 6) is 0.515. The zero-order chi connectivity index (χ0) is 22.8. The van der Waals surface area contributed by atoms with Gasteiger partial charge < -0.3 is 25.2 Å². The molecule has 2 aromatic carbocycles. The Balaban J connectivity index is 1.58. The van der Waals surface area contributed by atoms with Crippen LogP contribution < -0.4 is 25.6 Å². The second-order valence-electron chi connectivity index (χ2n) is 7.52. The molecule has 2 rings (SSSR count). The predicted octanol–water partition coefficient (Wildman–Crippen LogP) is 0.847. The summed E-state index contributed by atoms with van der Waals surface area (Å²) >= 11 is 0. The van der Waals surface area contributed by atoms with Gasteiger partial charge in [-0.1, -0.05) is 23.2 Å². The minimum Gasteiger partial charge on any atom is -0.484 e. The van der Waals surface area contributed by atoms with Crippen molar-refractivity contribution in [1.29, 1.82) is 0 Å². The summed E-state index contributed by atoms with van der Waals surface area (Å²) in [7, 11) is 5.80. The molecule has 31 heavy (non-hydrogen) atoms. The fraction of sp³-hybridized carbons (Fsp3) is 0.391. The van der Waals surface area contributed by atoms with Crippen molar-refractivity contribution >= 4 is 25.1 Å². The van der Waals surface area contributed by atoms with Crippen LogP contribution in [-0.4, -0.2) is 57.2 Å². The van der Waals surface area contributed by atoms with E-state index < -0.39 is 6.10 Å². The minimum absolute atomic E-state index is 0.0627. The zero-order valence-corrected chi connectivity index (χ0v) is 18.2. The smallest absolute Gasteiger partial charge is 0.258 e. The lowest BCUT2D eigenvalue weighted by Gasteiger charge is -2.13. The molecule has 0 bridgehead atoms. The highest BCUT2D eigenvalue weighted by Gasteiger charge is 2.10. The van der Waals surface area contributed by atoms with Crippen LogP contribution in [0.25, 0.3) is 0 Å². The van der Waals surface area contributed by atoms with E-state index in [1.165, 1.54) is 0 Å². The number of ether oxygens (including phenoxy) is 2.